The Kier molecular flexibility index (Phi) is 3.76. The van der Waals surface area contributed by atoms with Gasteiger partial charge in [-0.2, -0.15) is 0 Å². The maximum Gasteiger partial charge on any atom is 0.0790 e. The summed E-state index contributed by atoms with van der Waals surface area (Å²) in [7, 11) is 0. The molecule has 0 fully saturated rings. The van der Waals surface area contributed by atoms with Crippen molar-refractivity contribution in [2.45, 2.75) is 25.9 Å². The van der Waals surface area contributed by atoms with Gasteiger partial charge in [0.25, 0.3) is 0 Å². The van der Waals surface area contributed by atoms with Crippen molar-refractivity contribution in [1.29, 1.82) is 0 Å². The Morgan fingerprint density at radius 1 is 1.33 bits per heavy atom. The third kappa shape index (κ3) is 2.61. The van der Waals surface area contributed by atoms with Crippen LogP contribution in [-0.2, 0) is 0 Å². The SMILES string of the molecule is CCC[C@@H](O)c1ccc(Br)cc1. The lowest BCUT2D eigenvalue weighted by atomic mass is 10.1. The summed E-state index contributed by atoms with van der Waals surface area (Å²) in [5, 5.41) is 9.60. The number of benzene rings is 1. The number of halogens is 1. The zero-order valence-electron chi connectivity index (χ0n) is 7.13. The van der Waals surface area contributed by atoms with E-state index < -0.39 is 0 Å². The number of rotatable bonds is 3. The first kappa shape index (κ1) is 9.75. The second-order valence-corrected chi connectivity index (χ2v) is 3.77. The van der Waals surface area contributed by atoms with E-state index in [-0.39, 0.29) is 6.10 Å². The lowest BCUT2D eigenvalue weighted by molar-refractivity contribution is 0.166. The van der Waals surface area contributed by atoms with Crippen LogP contribution in [0.1, 0.15) is 31.4 Å². The summed E-state index contributed by atoms with van der Waals surface area (Å²) in [5.41, 5.74) is 1.00. The van der Waals surface area contributed by atoms with Gasteiger partial charge in [0, 0.05) is 4.47 Å². The molecule has 0 aliphatic carbocycles. The van der Waals surface area contributed by atoms with Gasteiger partial charge < -0.3 is 5.11 Å². The Bertz CT molecular complexity index is 230. The van der Waals surface area contributed by atoms with E-state index in [0.717, 1.165) is 22.9 Å². The summed E-state index contributed by atoms with van der Waals surface area (Å²) >= 11 is 3.35. The van der Waals surface area contributed by atoms with Gasteiger partial charge in [0.2, 0.25) is 0 Å². The van der Waals surface area contributed by atoms with E-state index in [1.165, 1.54) is 0 Å². The fourth-order valence-corrected chi connectivity index (χ4v) is 1.39. The molecule has 0 aliphatic rings. The normalized spacial score (nSPS) is 12.9. The highest BCUT2D eigenvalue weighted by Gasteiger charge is 2.04. The Labute approximate surface area is 81.6 Å². The summed E-state index contributed by atoms with van der Waals surface area (Å²) in [6, 6.07) is 7.80. The van der Waals surface area contributed by atoms with Crippen LogP contribution in [0.25, 0.3) is 0 Å². The van der Waals surface area contributed by atoms with E-state index >= 15 is 0 Å². The smallest absolute Gasteiger partial charge is 0.0790 e. The fraction of sp³-hybridized carbons (Fsp3) is 0.400. The van der Waals surface area contributed by atoms with E-state index in [4.69, 9.17) is 0 Å². The van der Waals surface area contributed by atoms with Crippen LogP contribution < -0.4 is 0 Å². The van der Waals surface area contributed by atoms with Gasteiger partial charge in [-0.3, -0.25) is 0 Å². The monoisotopic (exact) mass is 228 g/mol. The second-order valence-electron chi connectivity index (χ2n) is 2.86. The van der Waals surface area contributed by atoms with Gasteiger partial charge in [-0.05, 0) is 24.1 Å². The maximum atomic E-state index is 9.60. The van der Waals surface area contributed by atoms with E-state index in [1.807, 2.05) is 24.3 Å². The number of hydrogen-bond acceptors (Lipinski definition) is 1. The first-order valence-corrected chi connectivity index (χ1v) is 4.97. The van der Waals surface area contributed by atoms with Crippen molar-refractivity contribution in [3.8, 4) is 0 Å². The van der Waals surface area contributed by atoms with Crippen molar-refractivity contribution in [2.75, 3.05) is 0 Å². The van der Waals surface area contributed by atoms with Gasteiger partial charge in [0.15, 0.2) is 0 Å². The van der Waals surface area contributed by atoms with Gasteiger partial charge in [-0.1, -0.05) is 41.4 Å². The Hall–Kier alpha value is -0.340. The van der Waals surface area contributed by atoms with Crippen LogP contribution >= 0.6 is 15.9 Å². The number of hydrogen-bond donors (Lipinski definition) is 1. The summed E-state index contributed by atoms with van der Waals surface area (Å²) in [6.07, 6.45) is 1.54. The van der Waals surface area contributed by atoms with Gasteiger partial charge in [0.1, 0.15) is 0 Å². The average molecular weight is 229 g/mol. The molecule has 0 saturated carbocycles. The predicted octanol–water partition coefficient (Wildman–Crippen LogP) is 3.28. The topological polar surface area (TPSA) is 20.2 Å². The Morgan fingerprint density at radius 2 is 1.92 bits per heavy atom. The first-order valence-electron chi connectivity index (χ1n) is 4.17. The van der Waals surface area contributed by atoms with Gasteiger partial charge in [-0.15, -0.1) is 0 Å². The van der Waals surface area contributed by atoms with Gasteiger partial charge >= 0.3 is 0 Å². The molecule has 0 radical (unpaired) electrons. The maximum absolute atomic E-state index is 9.60. The Morgan fingerprint density at radius 3 is 2.42 bits per heavy atom. The molecule has 12 heavy (non-hydrogen) atoms. The molecule has 0 amide bonds. The van der Waals surface area contributed by atoms with Crippen LogP contribution in [0.5, 0.6) is 0 Å². The number of aliphatic hydroxyl groups excluding tert-OH is 1. The van der Waals surface area contributed by atoms with Gasteiger partial charge in [-0.25, -0.2) is 0 Å². The van der Waals surface area contributed by atoms with Crippen LogP contribution in [0, 0.1) is 0 Å². The quantitative estimate of drug-likeness (QED) is 0.843. The lowest BCUT2D eigenvalue weighted by Gasteiger charge is -2.08. The minimum Gasteiger partial charge on any atom is -0.388 e. The van der Waals surface area contributed by atoms with E-state index in [9.17, 15) is 5.11 Å². The summed E-state index contributed by atoms with van der Waals surface area (Å²) in [5.74, 6) is 0. The van der Waals surface area contributed by atoms with Crippen molar-refractivity contribution in [1.82, 2.24) is 0 Å². The standard InChI is InChI=1S/C10H13BrO/c1-2-3-10(12)8-4-6-9(11)7-5-8/h4-7,10,12H,2-3H2,1H3/t10-/m1/s1. The molecule has 0 heterocycles. The van der Waals surface area contributed by atoms with Crippen molar-refractivity contribution < 1.29 is 5.11 Å². The molecule has 0 aromatic heterocycles. The van der Waals surface area contributed by atoms with Crippen LogP contribution in [0.15, 0.2) is 28.7 Å². The zero-order chi connectivity index (χ0) is 8.97. The minimum atomic E-state index is -0.303. The fourth-order valence-electron chi connectivity index (χ4n) is 1.13. The van der Waals surface area contributed by atoms with Crippen molar-refractivity contribution in [2.24, 2.45) is 0 Å². The number of aliphatic hydroxyl groups is 1. The molecule has 1 nitrogen and oxygen atoms in total. The van der Waals surface area contributed by atoms with Crippen LogP contribution in [-0.4, -0.2) is 5.11 Å². The third-order valence-electron chi connectivity index (χ3n) is 1.82. The zero-order valence-corrected chi connectivity index (χ0v) is 8.71. The molecule has 0 saturated heterocycles. The van der Waals surface area contributed by atoms with Crippen LogP contribution in [0.3, 0.4) is 0 Å². The molecule has 1 atom stereocenters. The van der Waals surface area contributed by atoms with Gasteiger partial charge in [0.05, 0.1) is 6.10 Å². The minimum absolute atomic E-state index is 0.303. The molecule has 0 unspecified atom stereocenters. The molecule has 0 bridgehead atoms. The highest BCUT2D eigenvalue weighted by molar-refractivity contribution is 9.10. The summed E-state index contributed by atoms with van der Waals surface area (Å²) in [4.78, 5) is 0. The highest BCUT2D eigenvalue weighted by Crippen LogP contribution is 2.20. The predicted molar refractivity (Wildman–Crippen MR) is 54.0 cm³/mol. The molecule has 1 N–H and O–H groups in total. The molecule has 2 heteroatoms. The van der Waals surface area contributed by atoms with Crippen molar-refractivity contribution in [3.63, 3.8) is 0 Å². The summed E-state index contributed by atoms with van der Waals surface area (Å²) < 4.78 is 1.05. The molecular formula is C10H13BrO. The van der Waals surface area contributed by atoms with E-state index in [2.05, 4.69) is 22.9 Å². The summed E-state index contributed by atoms with van der Waals surface area (Å²) in [6.45, 7) is 2.07. The Balaban J connectivity index is 2.68. The van der Waals surface area contributed by atoms with Crippen LogP contribution in [0.4, 0.5) is 0 Å². The second kappa shape index (κ2) is 4.63. The molecule has 1 aromatic rings. The molecule has 1 aromatic carbocycles. The van der Waals surface area contributed by atoms with E-state index in [1.54, 1.807) is 0 Å². The van der Waals surface area contributed by atoms with Crippen molar-refractivity contribution in [3.05, 3.63) is 34.3 Å². The molecule has 0 aliphatic heterocycles. The average Bonchev–Trinajstić information content (AvgIpc) is 2.06. The van der Waals surface area contributed by atoms with Crippen molar-refractivity contribution >= 4 is 15.9 Å². The highest BCUT2D eigenvalue weighted by atomic mass is 79.9. The van der Waals surface area contributed by atoms with E-state index in [0.29, 0.717) is 0 Å². The first-order chi connectivity index (χ1) is 5.74. The molecule has 66 valence electrons. The lowest BCUT2D eigenvalue weighted by Crippen LogP contribution is -1.95. The molecular weight excluding hydrogens is 216 g/mol. The molecule has 1 rings (SSSR count). The molecule has 0 spiro atoms. The largest absolute Gasteiger partial charge is 0.388 e. The van der Waals surface area contributed by atoms with Crippen LogP contribution in [0.2, 0.25) is 0 Å². The third-order valence-corrected chi connectivity index (χ3v) is 2.35.